The lowest BCUT2D eigenvalue weighted by Crippen LogP contribution is -1.88. The van der Waals surface area contributed by atoms with Crippen LogP contribution in [0, 0.1) is 0 Å². The zero-order chi connectivity index (χ0) is 9.14. The Morgan fingerprint density at radius 1 is 1.50 bits per heavy atom. The number of hydrogen-bond donors (Lipinski definition) is 1. The highest BCUT2D eigenvalue weighted by molar-refractivity contribution is 7.80. The molecular weight excluding hydrogens is 192 g/mol. The number of halogens is 1. The predicted molar refractivity (Wildman–Crippen MR) is 55.4 cm³/mol. The summed E-state index contributed by atoms with van der Waals surface area (Å²) >= 11 is 10.2. The van der Waals surface area contributed by atoms with Crippen LogP contribution in [0.15, 0.2) is 18.2 Å². The highest BCUT2D eigenvalue weighted by Crippen LogP contribution is 2.29. The maximum absolute atomic E-state index is 5.85. The van der Waals surface area contributed by atoms with E-state index in [1.807, 2.05) is 25.1 Å². The van der Waals surface area contributed by atoms with Gasteiger partial charge in [0.25, 0.3) is 0 Å². The van der Waals surface area contributed by atoms with Crippen molar-refractivity contribution in [2.45, 2.75) is 12.2 Å². The van der Waals surface area contributed by atoms with E-state index < -0.39 is 0 Å². The average molecular weight is 203 g/mol. The molecule has 1 aromatic rings. The molecule has 0 aliphatic carbocycles. The highest BCUT2D eigenvalue weighted by Gasteiger charge is 2.04. The first-order valence-corrected chi connectivity index (χ1v) is 4.56. The van der Waals surface area contributed by atoms with Crippen LogP contribution in [0.5, 0.6) is 5.75 Å². The van der Waals surface area contributed by atoms with Gasteiger partial charge in [-0.15, -0.1) is 0 Å². The van der Waals surface area contributed by atoms with Crippen molar-refractivity contribution in [2.24, 2.45) is 0 Å². The Kier molecular flexibility index (Phi) is 3.29. The first kappa shape index (κ1) is 9.75. The zero-order valence-corrected chi connectivity index (χ0v) is 8.69. The lowest BCUT2D eigenvalue weighted by Gasteiger charge is -2.08. The summed E-state index contributed by atoms with van der Waals surface area (Å²) in [7, 11) is 1.61. The second-order valence-electron chi connectivity index (χ2n) is 2.57. The average Bonchev–Trinajstić information content (AvgIpc) is 2.05. The number of rotatable bonds is 2. The molecule has 1 nitrogen and oxygen atoms in total. The van der Waals surface area contributed by atoms with Gasteiger partial charge in [-0.1, -0.05) is 17.7 Å². The summed E-state index contributed by atoms with van der Waals surface area (Å²) in [6.07, 6.45) is 0. The van der Waals surface area contributed by atoms with E-state index in [9.17, 15) is 0 Å². The largest absolute Gasteiger partial charge is 0.495 e. The summed E-state index contributed by atoms with van der Waals surface area (Å²) in [4.78, 5) is 0. The van der Waals surface area contributed by atoms with E-state index in [2.05, 4.69) is 12.6 Å². The SMILES string of the molecule is COc1cc(C(C)S)ccc1Cl. The van der Waals surface area contributed by atoms with Gasteiger partial charge in [0.05, 0.1) is 12.1 Å². The summed E-state index contributed by atoms with van der Waals surface area (Å²) in [5.74, 6) is 0.704. The van der Waals surface area contributed by atoms with E-state index in [1.54, 1.807) is 7.11 Å². The lowest BCUT2D eigenvalue weighted by atomic mass is 10.1. The monoisotopic (exact) mass is 202 g/mol. The maximum atomic E-state index is 5.85. The molecule has 3 heteroatoms. The van der Waals surface area contributed by atoms with E-state index in [0.29, 0.717) is 10.8 Å². The van der Waals surface area contributed by atoms with E-state index >= 15 is 0 Å². The number of benzene rings is 1. The van der Waals surface area contributed by atoms with Gasteiger partial charge in [-0.05, 0) is 24.6 Å². The summed E-state index contributed by atoms with van der Waals surface area (Å²) in [6.45, 7) is 2.01. The first-order valence-electron chi connectivity index (χ1n) is 3.66. The van der Waals surface area contributed by atoms with Gasteiger partial charge in [0.2, 0.25) is 0 Å². The van der Waals surface area contributed by atoms with Gasteiger partial charge < -0.3 is 4.74 Å². The van der Waals surface area contributed by atoms with E-state index in [0.717, 1.165) is 5.56 Å². The van der Waals surface area contributed by atoms with Crippen LogP contribution in [-0.2, 0) is 0 Å². The standard InChI is InChI=1S/C9H11ClOS/c1-6(12)7-3-4-8(10)9(5-7)11-2/h3-6,12H,1-2H3. The van der Waals surface area contributed by atoms with Crippen molar-refractivity contribution in [3.8, 4) is 5.75 Å². The van der Waals surface area contributed by atoms with Crippen molar-refractivity contribution in [1.82, 2.24) is 0 Å². The molecule has 1 aromatic carbocycles. The molecule has 0 aliphatic heterocycles. The molecule has 0 saturated heterocycles. The first-order chi connectivity index (χ1) is 5.65. The van der Waals surface area contributed by atoms with Crippen molar-refractivity contribution in [1.29, 1.82) is 0 Å². The van der Waals surface area contributed by atoms with Crippen LogP contribution in [0.25, 0.3) is 0 Å². The summed E-state index contributed by atoms with van der Waals surface area (Å²) < 4.78 is 5.07. The number of ether oxygens (including phenoxy) is 1. The molecule has 1 rings (SSSR count). The third-order valence-corrected chi connectivity index (χ3v) is 2.27. The number of hydrogen-bond acceptors (Lipinski definition) is 2. The van der Waals surface area contributed by atoms with Crippen LogP contribution in [-0.4, -0.2) is 7.11 Å². The summed E-state index contributed by atoms with van der Waals surface area (Å²) in [6, 6.07) is 5.67. The van der Waals surface area contributed by atoms with Gasteiger partial charge >= 0.3 is 0 Å². The molecule has 1 unspecified atom stereocenters. The normalized spacial score (nSPS) is 12.7. The van der Waals surface area contributed by atoms with E-state index in [4.69, 9.17) is 16.3 Å². The smallest absolute Gasteiger partial charge is 0.137 e. The minimum atomic E-state index is 0.205. The Morgan fingerprint density at radius 3 is 2.67 bits per heavy atom. The highest BCUT2D eigenvalue weighted by atomic mass is 35.5. The Bertz CT molecular complexity index is 273. The van der Waals surface area contributed by atoms with Gasteiger partial charge in [0, 0.05) is 5.25 Å². The minimum Gasteiger partial charge on any atom is -0.495 e. The molecule has 66 valence electrons. The molecule has 0 aliphatic rings. The molecule has 0 saturated carbocycles. The van der Waals surface area contributed by atoms with Gasteiger partial charge in [-0.25, -0.2) is 0 Å². The lowest BCUT2D eigenvalue weighted by molar-refractivity contribution is 0.414. The van der Waals surface area contributed by atoms with Gasteiger partial charge in [0.1, 0.15) is 5.75 Å². The van der Waals surface area contributed by atoms with Crippen LogP contribution < -0.4 is 4.74 Å². The Balaban J connectivity index is 3.05. The third-order valence-electron chi connectivity index (χ3n) is 1.66. The van der Waals surface area contributed by atoms with Crippen LogP contribution in [0.1, 0.15) is 17.7 Å². The molecule has 0 aromatic heterocycles. The Labute approximate surface area is 83.1 Å². The second-order valence-corrected chi connectivity index (χ2v) is 3.75. The molecule has 0 N–H and O–H groups in total. The fraction of sp³-hybridized carbons (Fsp3) is 0.333. The summed E-state index contributed by atoms with van der Waals surface area (Å²) in [5, 5.41) is 0.839. The minimum absolute atomic E-state index is 0.205. The number of methoxy groups -OCH3 is 1. The van der Waals surface area contributed by atoms with E-state index in [1.165, 1.54) is 0 Å². The molecule has 0 radical (unpaired) electrons. The van der Waals surface area contributed by atoms with Crippen molar-refractivity contribution < 1.29 is 4.74 Å². The molecule has 1 atom stereocenters. The summed E-state index contributed by atoms with van der Waals surface area (Å²) in [5.41, 5.74) is 1.11. The van der Waals surface area contributed by atoms with E-state index in [-0.39, 0.29) is 5.25 Å². The molecule has 12 heavy (non-hydrogen) atoms. The molecule has 0 spiro atoms. The molecule has 0 fully saturated rings. The molecule has 0 bridgehead atoms. The zero-order valence-electron chi connectivity index (χ0n) is 7.04. The second kappa shape index (κ2) is 4.06. The van der Waals surface area contributed by atoms with Crippen molar-refractivity contribution >= 4 is 24.2 Å². The van der Waals surface area contributed by atoms with Crippen molar-refractivity contribution in [3.63, 3.8) is 0 Å². The maximum Gasteiger partial charge on any atom is 0.137 e. The van der Waals surface area contributed by atoms with Crippen molar-refractivity contribution in [2.75, 3.05) is 7.11 Å². The fourth-order valence-electron chi connectivity index (χ4n) is 0.936. The van der Waals surface area contributed by atoms with Crippen molar-refractivity contribution in [3.05, 3.63) is 28.8 Å². The Morgan fingerprint density at radius 2 is 2.17 bits per heavy atom. The molecular formula is C9H11ClOS. The predicted octanol–water partition coefficient (Wildman–Crippen LogP) is 3.34. The molecule has 0 amide bonds. The third kappa shape index (κ3) is 2.08. The van der Waals surface area contributed by atoms with Crippen LogP contribution >= 0.6 is 24.2 Å². The van der Waals surface area contributed by atoms with Crippen LogP contribution in [0.3, 0.4) is 0 Å². The van der Waals surface area contributed by atoms with Gasteiger partial charge in [-0.2, -0.15) is 12.6 Å². The van der Waals surface area contributed by atoms with Crippen LogP contribution in [0.4, 0.5) is 0 Å². The number of thiol groups is 1. The Hall–Kier alpha value is -0.340. The molecule has 0 heterocycles. The van der Waals surface area contributed by atoms with Gasteiger partial charge in [-0.3, -0.25) is 0 Å². The quantitative estimate of drug-likeness (QED) is 0.724. The van der Waals surface area contributed by atoms with Gasteiger partial charge in [0.15, 0.2) is 0 Å². The van der Waals surface area contributed by atoms with Crippen LogP contribution in [0.2, 0.25) is 5.02 Å². The topological polar surface area (TPSA) is 9.23 Å². The fourth-order valence-corrected chi connectivity index (χ4v) is 1.29.